The molecule has 7 heteroatoms. The molecule has 1 aliphatic carbocycles. The minimum atomic E-state index is -2.60. The Hall–Kier alpha value is -2.38. The summed E-state index contributed by atoms with van der Waals surface area (Å²) in [4.78, 5) is 11.1. The van der Waals surface area contributed by atoms with E-state index in [-0.39, 0.29) is 0 Å². The number of hydrogen-bond donors (Lipinski definition) is 0. The number of carbonyl (C=O) groups excluding carboxylic acids is 1. The van der Waals surface area contributed by atoms with Crippen molar-refractivity contribution in [2.24, 2.45) is 0 Å². The number of benzene rings is 2. The number of carbonyl (C=O) groups is 1. The molecule has 0 aliphatic heterocycles. The molecule has 3 aromatic rings. The average Bonchev–Trinajstić information content (AvgIpc) is 3.00. The van der Waals surface area contributed by atoms with Gasteiger partial charge in [0.1, 0.15) is 11.2 Å². The first-order valence-electron chi connectivity index (χ1n) is 8.57. The molecule has 26 heavy (non-hydrogen) atoms. The Balaban J connectivity index is 1.84. The summed E-state index contributed by atoms with van der Waals surface area (Å²) in [6.45, 7) is 0.338. The quantitative estimate of drug-likeness (QED) is 0.384. The average molecular weight is 372 g/mol. The van der Waals surface area contributed by atoms with Gasteiger partial charge in [0.05, 0.1) is 17.0 Å². The lowest BCUT2D eigenvalue weighted by molar-refractivity contribution is -0.145. The highest BCUT2D eigenvalue weighted by Crippen LogP contribution is 2.40. The number of para-hydroxylation sites is 1. The molecule has 1 unspecified atom stereocenters. The van der Waals surface area contributed by atoms with Crippen molar-refractivity contribution in [1.29, 1.82) is 0 Å². The molecule has 0 amide bonds. The van der Waals surface area contributed by atoms with Gasteiger partial charge in [0.25, 0.3) is 6.47 Å². The largest absolute Gasteiger partial charge is 0.755 e. The predicted octanol–water partition coefficient (Wildman–Crippen LogP) is 4.02. The molecule has 1 fully saturated rings. The van der Waals surface area contributed by atoms with E-state index in [1.807, 2.05) is 30.3 Å². The molecule has 0 bridgehead atoms. The van der Waals surface area contributed by atoms with Crippen LogP contribution in [0.1, 0.15) is 32.1 Å². The van der Waals surface area contributed by atoms with Gasteiger partial charge < -0.3 is 13.7 Å². The fraction of sp³-hybridized carbons (Fsp3) is 0.316. The molecule has 1 atom stereocenters. The molecule has 1 saturated carbocycles. The van der Waals surface area contributed by atoms with E-state index in [2.05, 4.69) is 0 Å². The summed E-state index contributed by atoms with van der Waals surface area (Å²) >= 11 is -2.60. The Bertz CT molecular complexity index is 976. The van der Waals surface area contributed by atoms with Crippen molar-refractivity contribution in [1.82, 2.24) is 0 Å². The lowest BCUT2D eigenvalue weighted by Gasteiger charge is -2.45. The third-order valence-corrected chi connectivity index (χ3v) is 5.86. The first-order chi connectivity index (χ1) is 12.6. The SMILES string of the molecule is O=COC1(N(c2ccc3c(c2)oc2ccccc23)S(=O)[O-])CCCCC1. The molecular weight excluding hydrogens is 354 g/mol. The molecule has 0 radical (unpaired) electrons. The maximum atomic E-state index is 12.1. The zero-order valence-electron chi connectivity index (χ0n) is 14.1. The van der Waals surface area contributed by atoms with Crippen molar-refractivity contribution in [3.05, 3.63) is 42.5 Å². The second-order valence-electron chi connectivity index (χ2n) is 6.51. The molecule has 0 N–H and O–H groups in total. The molecule has 1 heterocycles. The van der Waals surface area contributed by atoms with E-state index in [1.54, 1.807) is 12.1 Å². The lowest BCUT2D eigenvalue weighted by atomic mass is 9.91. The van der Waals surface area contributed by atoms with Crippen LogP contribution in [-0.4, -0.2) is 21.0 Å². The van der Waals surface area contributed by atoms with Crippen molar-refractivity contribution in [3.8, 4) is 0 Å². The maximum Gasteiger partial charge on any atom is 0.295 e. The van der Waals surface area contributed by atoms with Gasteiger partial charge >= 0.3 is 0 Å². The van der Waals surface area contributed by atoms with Gasteiger partial charge in [-0.2, -0.15) is 0 Å². The highest BCUT2D eigenvalue weighted by Gasteiger charge is 2.41. The van der Waals surface area contributed by atoms with Crippen LogP contribution < -0.4 is 4.31 Å². The van der Waals surface area contributed by atoms with E-state index in [0.717, 1.165) is 35.6 Å². The first kappa shape index (κ1) is 17.1. The van der Waals surface area contributed by atoms with Gasteiger partial charge in [-0.1, -0.05) is 24.6 Å². The topological polar surface area (TPSA) is 82.8 Å². The van der Waals surface area contributed by atoms with Gasteiger partial charge in [-0.15, -0.1) is 0 Å². The van der Waals surface area contributed by atoms with Crippen molar-refractivity contribution >= 4 is 45.4 Å². The summed E-state index contributed by atoms with van der Waals surface area (Å²) < 4.78 is 36.6. The van der Waals surface area contributed by atoms with Crippen molar-refractivity contribution in [3.63, 3.8) is 0 Å². The molecule has 1 aromatic heterocycles. The third kappa shape index (κ3) is 2.77. The smallest absolute Gasteiger partial charge is 0.295 e. The Morgan fingerprint density at radius 3 is 2.54 bits per heavy atom. The zero-order valence-corrected chi connectivity index (χ0v) is 14.9. The fourth-order valence-corrected chi connectivity index (χ4v) is 4.64. The molecule has 6 nitrogen and oxygen atoms in total. The van der Waals surface area contributed by atoms with E-state index < -0.39 is 17.0 Å². The monoisotopic (exact) mass is 372 g/mol. The van der Waals surface area contributed by atoms with Crippen LogP contribution in [0.15, 0.2) is 46.9 Å². The summed E-state index contributed by atoms with van der Waals surface area (Å²) in [6, 6.07) is 12.9. The van der Waals surface area contributed by atoms with Crippen LogP contribution in [0, 0.1) is 0 Å². The lowest BCUT2D eigenvalue weighted by Crippen LogP contribution is -2.53. The summed E-state index contributed by atoms with van der Waals surface area (Å²) in [5.74, 6) is 0. The number of nitrogens with zero attached hydrogens (tertiary/aromatic N) is 1. The Morgan fingerprint density at radius 1 is 1.08 bits per heavy atom. The Kier molecular flexibility index (Phi) is 4.42. The van der Waals surface area contributed by atoms with Gasteiger partial charge in [0.15, 0.2) is 5.72 Å². The molecule has 0 spiro atoms. The van der Waals surface area contributed by atoms with Crippen LogP contribution in [0.5, 0.6) is 0 Å². The van der Waals surface area contributed by atoms with Crippen molar-refractivity contribution < 1.29 is 22.7 Å². The Morgan fingerprint density at radius 2 is 1.81 bits per heavy atom. The van der Waals surface area contributed by atoms with Crippen LogP contribution in [0.25, 0.3) is 21.9 Å². The minimum Gasteiger partial charge on any atom is -0.755 e. The molecule has 136 valence electrons. The zero-order chi connectivity index (χ0) is 18.1. The van der Waals surface area contributed by atoms with E-state index in [1.165, 1.54) is 4.31 Å². The standard InChI is InChI=1S/C19H19NO5S/c21-13-24-19(10-4-1-5-11-19)20(26(22)23)14-8-9-16-15-6-2-3-7-17(15)25-18(16)12-14/h2-3,6-9,12-13H,1,4-5,10-11H2,(H,22,23)/p-1. The minimum absolute atomic E-state index is 0.338. The predicted molar refractivity (Wildman–Crippen MR) is 98.1 cm³/mol. The van der Waals surface area contributed by atoms with Crippen LogP contribution in [-0.2, 0) is 20.8 Å². The second kappa shape index (κ2) is 6.74. The van der Waals surface area contributed by atoms with Crippen LogP contribution >= 0.6 is 0 Å². The van der Waals surface area contributed by atoms with E-state index >= 15 is 0 Å². The summed E-state index contributed by atoms with van der Waals surface area (Å²) in [6.07, 6.45) is 3.53. The maximum absolute atomic E-state index is 12.1. The van der Waals surface area contributed by atoms with Crippen LogP contribution in [0.2, 0.25) is 0 Å². The van der Waals surface area contributed by atoms with Gasteiger partial charge in [-0.05, 0) is 31.0 Å². The first-order valence-corrected chi connectivity index (χ1v) is 9.60. The molecule has 0 saturated heterocycles. The molecular formula is C19H18NO5S-. The summed E-state index contributed by atoms with van der Waals surface area (Å²) in [7, 11) is 0. The molecule has 1 aliphatic rings. The second-order valence-corrected chi connectivity index (χ2v) is 7.31. The van der Waals surface area contributed by atoms with Gasteiger partial charge in [-0.3, -0.25) is 13.3 Å². The highest BCUT2D eigenvalue weighted by atomic mass is 32.2. The van der Waals surface area contributed by atoms with Gasteiger partial charge in [0, 0.05) is 29.7 Å². The van der Waals surface area contributed by atoms with Gasteiger partial charge in [-0.25, -0.2) is 0 Å². The van der Waals surface area contributed by atoms with E-state index in [0.29, 0.717) is 30.6 Å². The number of rotatable bonds is 5. The highest BCUT2D eigenvalue weighted by molar-refractivity contribution is 7.80. The molecule has 2 aromatic carbocycles. The summed E-state index contributed by atoms with van der Waals surface area (Å²) in [5, 5.41) is 1.88. The van der Waals surface area contributed by atoms with E-state index in [4.69, 9.17) is 9.15 Å². The van der Waals surface area contributed by atoms with Crippen LogP contribution in [0.4, 0.5) is 5.69 Å². The van der Waals surface area contributed by atoms with Gasteiger partial charge in [0.2, 0.25) is 0 Å². The number of fused-ring (bicyclic) bond motifs is 3. The normalized spacial score (nSPS) is 17.9. The van der Waals surface area contributed by atoms with Crippen molar-refractivity contribution in [2.45, 2.75) is 37.8 Å². The molecule has 4 rings (SSSR count). The van der Waals surface area contributed by atoms with E-state index in [9.17, 15) is 13.6 Å². The number of hydrogen-bond acceptors (Lipinski definition) is 5. The third-order valence-electron chi connectivity index (χ3n) is 5.02. The number of anilines is 1. The Labute approximate surface area is 153 Å². The summed E-state index contributed by atoms with van der Waals surface area (Å²) in [5.41, 5.74) is 0.586. The number of ether oxygens (including phenoxy) is 1. The van der Waals surface area contributed by atoms with Crippen molar-refractivity contribution in [2.75, 3.05) is 4.31 Å². The number of furan rings is 1. The fourth-order valence-electron chi connectivity index (χ4n) is 3.86. The van der Waals surface area contributed by atoms with Crippen LogP contribution in [0.3, 0.4) is 0 Å².